The summed E-state index contributed by atoms with van der Waals surface area (Å²) >= 11 is 5.77. The standard InChI is InChI=1S/C29H29FN6OS/c1-34(2)22-12-14-23(15-13-22)35-18-5-7-25(35)28-27(24-6-3-4-17-31-24)33-29(38)36(28)19-16-26(37)32-21-10-8-20(30)9-11-21/h3-15,17-18,27-28H,16,19H2,1-2H3,(H,32,37)(H,33,38)/t27-,28-/m1/s1. The van der Waals surface area contributed by atoms with Crippen molar-refractivity contribution < 1.29 is 9.18 Å². The van der Waals surface area contributed by atoms with Crippen molar-refractivity contribution in [1.82, 2.24) is 19.8 Å². The normalized spacial score (nSPS) is 16.8. The topological polar surface area (TPSA) is 65.4 Å². The smallest absolute Gasteiger partial charge is 0.226 e. The second-order valence-corrected chi connectivity index (χ2v) is 9.73. The lowest BCUT2D eigenvalue weighted by molar-refractivity contribution is -0.116. The van der Waals surface area contributed by atoms with Crippen LogP contribution < -0.4 is 15.5 Å². The largest absolute Gasteiger partial charge is 0.378 e. The van der Waals surface area contributed by atoms with E-state index in [1.54, 1.807) is 18.3 Å². The highest BCUT2D eigenvalue weighted by atomic mass is 32.1. The number of nitrogens with one attached hydrogen (secondary N) is 2. The molecule has 1 saturated heterocycles. The van der Waals surface area contributed by atoms with Crippen molar-refractivity contribution in [3.05, 3.63) is 108 Å². The number of halogens is 1. The van der Waals surface area contributed by atoms with Crippen LogP contribution in [0.1, 0.15) is 29.9 Å². The second-order valence-electron chi connectivity index (χ2n) is 9.34. The van der Waals surface area contributed by atoms with E-state index in [2.05, 4.69) is 60.3 Å². The van der Waals surface area contributed by atoms with E-state index in [1.165, 1.54) is 12.1 Å². The number of hydrogen-bond acceptors (Lipinski definition) is 4. The van der Waals surface area contributed by atoms with E-state index in [0.29, 0.717) is 17.3 Å². The fourth-order valence-corrected chi connectivity index (χ4v) is 5.06. The summed E-state index contributed by atoms with van der Waals surface area (Å²) in [6, 6.07) is 23.6. The van der Waals surface area contributed by atoms with Gasteiger partial charge in [0.05, 0.1) is 17.8 Å². The van der Waals surface area contributed by atoms with E-state index in [4.69, 9.17) is 12.2 Å². The molecule has 9 heteroatoms. The molecule has 2 aromatic carbocycles. The molecule has 0 spiro atoms. The van der Waals surface area contributed by atoms with Crippen molar-refractivity contribution in [1.29, 1.82) is 0 Å². The number of aromatic nitrogens is 2. The number of carbonyl (C=O) groups excluding carboxylic acids is 1. The molecule has 1 aliphatic heterocycles. The molecule has 0 radical (unpaired) electrons. The van der Waals surface area contributed by atoms with Gasteiger partial charge in [0.25, 0.3) is 0 Å². The van der Waals surface area contributed by atoms with Gasteiger partial charge in [-0.15, -0.1) is 0 Å². The monoisotopic (exact) mass is 528 g/mol. The van der Waals surface area contributed by atoms with Crippen molar-refractivity contribution in [3.63, 3.8) is 0 Å². The number of rotatable bonds is 8. The molecule has 0 saturated carbocycles. The van der Waals surface area contributed by atoms with Crippen LogP contribution in [0.4, 0.5) is 15.8 Å². The summed E-state index contributed by atoms with van der Waals surface area (Å²) in [5.74, 6) is -0.520. The van der Waals surface area contributed by atoms with Crippen molar-refractivity contribution in [3.8, 4) is 5.69 Å². The Morgan fingerprint density at radius 2 is 1.82 bits per heavy atom. The summed E-state index contributed by atoms with van der Waals surface area (Å²) in [5.41, 5.74) is 4.60. The molecule has 194 valence electrons. The number of pyridine rings is 1. The molecule has 1 aliphatic rings. The highest BCUT2D eigenvalue weighted by molar-refractivity contribution is 7.80. The SMILES string of the molecule is CN(C)c1ccc(-n2cccc2[C@@H]2[C@@H](c3ccccn3)NC(=S)N2CCC(=O)Nc2ccc(F)cc2)cc1. The van der Waals surface area contributed by atoms with Gasteiger partial charge in [-0.25, -0.2) is 4.39 Å². The summed E-state index contributed by atoms with van der Waals surface area (Å²) in [6.07, 6.45) is 4.02. The predicted molar refractivity (Wildman–Crippen MR) is 152 cm³/mol. The maximum Gasteiger partial charge on any atom is 0.226 e. The highest BCUT2D eigenvalue weighted by Crippen LogP contribution is 2.39. The van der Waals surface area contributed by atoms with Crippen LogP contribution in [0.15, 0.2) is 91.3 Å². The molecule has 38 heavy (non-hydrogen) atoms. The molecule has 0 unspecified atom stereocenters. The van der Waals surface area contributed by atoms with Crippen LogP contribution in [0.25, 0.3) is 5.69 Å². The van der Waals surface area contributed by atoms with Gasteiger partial charge in [-0.2, -0.15) is 0 Å². The van der Waals surface area contributed by atoms with E-state index >= 15 is 0 Å². The molecule has 5 rings (SSSR count). The zero-order chi connectivity index (χ0) is 26.6. The average Bonchev–Trinajstić information content (AvgIpc) is 3.53. The van der Waals surface area contributed by atoms with E-state index in [9.17, 15) is 9.18 Å². The van der Waals surface area contributed by atoms with Gasteiger partial charge in [-0.1, -0.05) is 6.07 Å². The first-order valence-corrected chi connectivity index (χ1v) is 12.8. The Kier molecular flexibility index (Phi) is 7.37. The van der Waals surface area contributed by atoms with Crippen molar-refractivity contribution in [2.75, 3.05) is 30.9 Å². The van der Waals surface area contributed by atoms with Gasteiger partial charge >= 0.3 is 0 Å². The van der Waals surface area contributed by atoms with Crippen LogP contribution in [0.5, 0.6) is 0 Å². The summed E-state index contributed by atoms with van der Waals surface area (Å²) in [7, 11) is 4.03. The minimum Gasteiger partial charge on any atom is -0.378 e. The van der Waals surface area contributed by atoms with Crippen LogP contribution >= 0.6 is 12.2 Å². The molecule has 2 N–H and O–H groups in total. The number of hydrogen-bond donors (Lipinski definition) is 2. The van der Waals surface area contributed by atoms with E-state index in [1.807, 2.05) is 44.6 Å². The summed E-state index contributed by atoms with van der Waals surface area (Å²) in [4.78, 5) is 21.5. The number of benzene rings is 2. The number of anilines is 2. The Morgan fingerprint density at radius 3 is 2.50 bits per heavy atom. The Bertz CT molecular complexity index is 1410. The van der Waals surface area contributed by atoms with Gasteiger partial charge in [0.1, 0.15) is 5.82 Å². The Morgan fingerprint density at radius 1 is 1.05 bits per heavy atom. The summed E-state index contributed by atoms with van der Waals surface area (Å²) in [5, 5.41) is 6.84. The molecule has 1 amide bonds. The lowest BCUT2D eigenvalue weighted by Crippen LogP contribution is -2.33. The fraction of sp³-hybridized carbons (Fsp3) is 0.207. The molecule has 3 heterocycles. The van der Waals surface area contributed by atoms with Crippen molar-refractivity contribution in [2.45, 2.75) is 18.5 Å². The first-order valence-electron chi connectivity index (χ1n) is 12.4. The molecule has 4 aromatic rings. The molecular weight excluding hydrogens is 499 g/mol. The number of thiocarbonyl (C=S) groups is 1. The minimum absolute atomic E-state index is 0.172. The summed E-state index contributed by atoms with van der Waals surface area (Å²) in [6.45, 7) is 0.400. The molecule has 2 aromatic heterocycles. The predicted octanol–water partition coefficient (Wildman–Crippen LogP) is 5.08. The zero-order valence-electron chi connectivity index (χ0n) is 21.2. The third kappa shape index (κ3) is 5.38. The molecule has 7 nitrogen and oxygen atoms in total. The van der Waals surface area contributed by atoms with E-state index in [-0.39, 0.29) is 30.2 Å². The molecule has 2 atom stereocenters. The van der Waals surface area contributed by atoms with Gasteiger partial charge in [0.2, 0.25) is 5.91 Å². The third-order valence-electron chi connectivity index (χ3n) is 6.63. The highest BCUT2D eigenvalue weighted by Gasteiger charge is 2.41. The van der Waals surface area contributed by atoms with Crippen molar-refractivity contribution >= 4 is 34.6 Å². The second kappa shape index (κ2) is 11.0. The van der Waals surface area contributed by atoms with Crippen LogP contribution in [0.2, 0.25) is 0 Å². The van der Waals surface area contributed by atoms with Crippen LogP contribution in [0, 0.1) is 5.82 Å². The Hall–Kier alpha value is -4.24. The minimum atomic E-state index is -0.348. The van der Waals surface area contributed by atoms with Gasteiger partial charge in [-0.3, -0.25) is 9.78 Å². The lowest BCUT2D eigenvalue weighted by atomic mass is 10.0. The maximum atomic E-state index is 13.2. The first-order chi connectivity index (χ1) is 18.4. The zero-order valence-corrected chi connectivity index (χ0v) is 22.0. The third-order valence-corrected chi connectivity index (χ3v) is 6.99. The van der Waals surface area contributed by atoms with Gasteiger partial charge < -0.3 is 25.0 Å². The maximum absolute atomic E-state index is 13.2. The molecular formula is C29H29FN6OS. The Labute approximate surface area is 226 Å². The first kappa shape index (κ1) is 25.4. The summed E-state index contributed by atoms with van der Waals surface area (Å²) < 4.78 is 15.4. The molecule has 1 fully saturated rings. The van der Waals surface area contributed by atoms with Gasteiger partial charge in [0, 0.05) is 62.2 Å². The molecule has 0 bridgehead atoms. The quantitative estimate of drug-likeness (QED) is 0.311. The molecule has 0 aliphatic carbocycles. The van der Waals surface area contributed by atoms with Crippen LogP contribution in [0.3, 0.4) is 0 Å². The fourth-order valence-electron chi connectivity index (χ4n) is 4.73. The lowest BCUT2D eigenvalue weighted by Gasteiger charge is -2.29. The van der Waals surface area contributed by atoms with Crippen LogP contribution in [-0.4, -0.2) is 46.1 Å². The average molecular weight is 529 g/mol. The van der Waals surface area contributed by atoms with E-state index < -0.39 is 0 Å². The number of amides is 1. The number of nitrogens with zero attached hydrogens (tertiary/aromatic N) is 4. The van der Waals surface area contributed by atoms with Gasteiger partial charge in [0.15, 0.2) is 5.11 Å². The Balaban J connectivity index is 1.43. The van der Waals surface area contributed by atoms with Crippen molar-refractivity contribution in [2.24, 2.45) is 0 Å². The number of carbonyl (C=O) groups is 1. The van der Waals surface area contributed by atoms with E-state index in [0.717, 1.165) is 22.8 Å². The van der Waals surface area contributed by atoms with Crippen LogP contribution in [-0.2, 0) is 4.79 Å². The van der Waals surface area contributed by atoms with Gasteiger partial charge in [-0.05, 0) is 85.0 Å².